The molecule has 2 unspecified atom stereocenters. The van der Waals surface area contributed by atoms with Gasteiger partial charge in [0.25, 0.3) is 11.8 Å². The van der Waals surface area contributed by atoms with Crippen molar-refractivity contribution in [3.05, 3.63) is 253 Å². The first kappa shape index (κ1) is 63.7. The third-order valence-electron chi connectivity index (χ3n) is 15.3. The summed E-state index contributed by atoms with van der Waals surface area (Å²) in [6, 6.07) is 38.5. The Morgan fingerprint density at radius 3 is 1.67 bits per heavy atom. The van der Waals surface area contributed by atoms with Gasteiger partial charge in [-0.2, -0.15) is 30.4 Å². The van der Waals surface area contributed by atoms with Crippen LogP contribution in [0.1, 0.15) is 129 Å². The Morgan fingerprint density at radius 1 is 0.663 bits per heavy atom. The number of carbonyl (C=O) groups is 4. The molecule has 6 N–H and O–H groups in total. The van der Waals surface area contributed by atoms with Gasteiger partial charge in [0.05, 0.1) is 27.5 Å². The number of H-pyrrole nitrogens is 1. The van der Waals surface area contributed by atoms with Gasteiger partial charge in [0.2, 0.25) is 0 Å². The van der Waals surface area contributed by atoms with Gasteiger partial charge in [-0.05, 0) is 114 Å². The topological polar surface area (TPSA) is 249 Å². The summed E-state index contributed by atoms with van der Waals surface area (Å²) in [6.45, 7) is 3.99. The number of aromatic nitrogens is 10. The number of nitrogens with two attached hydrogens (primary N) is 1. The number of imidazole rings is 1. The summed E-state index contributed by atoms with van der Waals surface area (Å²) in [5, 5.41) is 28.7. The predicted molar refractivity (Wildman–Crippen MR) is 333 cm³/mol. The minimum Gasteiger partial charge on any atom is -0.443 e. The predicted octanol–water partition coefficient (Wildman–Crippen LogP) is 12.4. The van der Waals surface area contributed by atoms with E-state index < -0.39 is 29.4 Å². The molecule has 5 aromatic heterocycles. The van der Waals surface area contributed by atoms with Gasteiger partial charge < -0.3 is 40.3 Å². The molecule has 10 aromatic rings. The van der Waals surface area contributed by atoms with Crippen LogP contribution in [0.5, 0.6) is 0 Å². The first-order valence-electron chi connectivity index (χ1n) is 28.3. The van der Waals surface area contributed by atoms with E-state index in [1.807, 2.05) is 87.9 Å². The molecule has 0 fully saturated rings. The molecule has 12 rings (SSSR count). The summed E-state index contributed by atoms with van der Waals surface area (Å²) in [4.78, 5) is 55.7. The van der Waals surface area contributed by atoms with Gasteiger partial charge in [0, 0.05) is 56.3 Å². The number of hydrogen-bond acceptors (Lipinski definition) is 12. The van der Waals surface area contributed by atoms with Crippen LogP contribution in [-0.4, -0.2) is 73.1 Å². The third-order valence-corrected chi connectivity index (χ3v) is 15.9. The van der Waals surface area contributed by atoms with Crippen molar-refractivity contribution in [1.82, 2.24) is 54.4 Å². The highest BCUT2D eigenvalue weighted by molar-refractivity contribution is 6.31. The van der Waals surface area contributed by atoms with Crippen molar-refractivity contribution >= 4 is 58.6 Å². The summed E-state index contributed by atoms with van der Waals surface area (Å²) in [5.74, 6) is -1.65. The van der Waals surface area contributed by atoms with Crippen LogP contribution >= 0.6 is 23.2 Å². The maximum Gasteiger partial charge on any atom is 0.419 e. The molecule has 24 heteroatoms. The van der Waals surface area contributed by atoms with Crippen LogP contribution in [0, 0.1) is 11.6 Å². The molecule has 460 valence electrons. The van der Waals surface area contributed by atoms with Crippen molar-refractivity contribution < 1.29 is 37.4 Å². The second-order valence-corrected chi connectivity index (χ2v) is 21.6. The number of fused-ring (bicyclic) bond motifs is 2. The van der Waals surface area contributed by atoms with Crippen molar-refractivity contribution in [2.45, 2.75) is 90.6 Å². The van der Waals surface area contributed by atoms with Gasteiger partial charge in [-0.25, -0.2) is 27.9 Å². The minimum atomic E-state index is -0.819. The van der Waals surface area contributed by atoms with E-state index in [9.17, 15) is 28.0 Å². The number of ether oxygens (including phenoxy) is 2. The van der Waals surface area contributed by atoms with E-state index in [0.29, 0.717) is 59.8 Å². The SMILES string of the molecule is C.CCc1n[nH]nc1COC(=O)NC1CCc2c1cn(C)c2C(=O)Nc1ccc(F)c(Cl)c1.CCc1nn(C(c2ccccc2)(c2ccccc2)c2ccccc2)nc1COC(=O)n1ccnc1.Cn1cc2c(c1C(=O)Nc1ccc(F)c(Cl)c1)CCC2N. The number of amides is 3. The fraction of sp³-hybridized carbons (Fsp3) is 0.246. The van der Waals surface area contributed by atoms with Crippen LogP contribution < -0.4 is 21.7 Å². The van der Waals surface area contributed by atoms with Crippen molar-refractivity contribution in [2.75, 3.05) is 10.6 Å². The lowest BCUT2D eigenvalue weighted by atomic mass is 9.77. The number of nitrogens with one attached hydrogen (secondary N) is 4. The number of aromatic amines is 1. The molecule has 5 heterocycles. The summed E-state index contributed by atoms with van der Waals surface area (Å²) < 4.78 is 42.1. The standard InChI is InChI=1S/C28H25N5O2.C21H22ClFN6O3.C15H15ClFN3O.CH4/c1-2-25-26(20-35-27(34)32-19-18-29-21-32)31-33(30-25)28(22-12-6-3-7-13-22,23-14-8-4-9-15-23)24-16-10-5-11-17-24;1-3-16-18(27-28-26-16)10-32-21(31)25-17-7-5-12-13(17)9-29(2)19(12)20(30)24-11-4-6-15(23)14(22)8-11;1-20-7-10-9(3-5-13(10)18)14(20)15(21)19-8-2-4-12(17)11(16)6-8;/h3-19,21H,2,20H2,1H3;4,6,8-9,17H,3,5,7,10H2,1-2H3,(H,24,30)(H,25,31)(H,26,27,28);2,4,6-7,13H,3,5,18H2,1H3,(H,19,21);1H4. The van der Waals surface area contributed by atoms with Gasteiger partial charge in [-0.1, -0.05) is 135 Å². The lowest BCUT2D eigenvalue weighted by molar-refractivity contribution is 0.101. The van der Waals surface area contributed by atoms with Crippen LogP contribution in [0.25, 0.3) is 0 Å². The van der Waals surface area contributed by atoms with Gasteiger partial charge in [0.15, 0.2) is 5.54 Å². The van der Waals surface area contributed by atoms with E-state index in [2.05, 4.69) is 72.7 Å². The first-order chi connectivity index (χ1) is 42.6. The van der Waals surface area contributed by atoms with Crippen molar-refractivity contribution in [3.8, 4) is 0 Å². The average molecular weight is 1250 g/mol. The molecule has 2 aliphatic rings. The molecule has 2 atom stereocenters. The highest BCUT2D eigenvalue weighted by Gasteiger charge is 2.41. The van der Waals surface area contributed by atoms with Crippen LogP contribution in [0.15, 0.2) is 159 Å². The lowest BCUT2D eigenvalue weighted by Gasteiger charge is -2.34. The molecule has 20 nitrogen and oxygen atoms in total. The molecule has 0 radical (unpaired) electrons. The molecule has 0 saturated carbocycles. The van der Waals surface area contributed by atoms with Crippen molar-refractivity contribution in [3.63, 3.8) is 0 Å². The third kappa shape index (κ3) is 13.8. The number of carbonyl (C=O) groups excluding carboxylic acids is 4. The number of hydrogen-bond donors (Lipinski definition) is 5. The van der Waals surface area contributed by atoms with E-state index in [0.717, 1.165) is 63.2 Å². The smallest absolute Gasteiger partial charge is 0.419 e. The Bertz CT molecular complexity index is 4000. The Balaban J connectivity index is 0.000000162. The van der Waals surface area contributed by atoms with Gasteiger partial charge >= 0.3 is 12.2 Å². The molecule has 5 aromatic carbocycles. The first-order valence-corrected chi connectivity index (χ1v) is 29.1. The Morgan fingerprint density at radius 2 is 1.16 bits per heavy atom. The number of halogens is 4. The van der Waals surface area contributed by atoms with E-state index >= 15 is 0 Å². The summed E-state index contributed by atoms with van der Waals surface area (Å²) in [5.41, 5.74) is 16.7. The second-order valence-electron chi connectivity index (χ2n) is 20.8. The number of rotatable bonds is 15. The van der Waals surface area contributed by atoms with Gasteiger partial charge in [0.1, 0.15) is 54.0 Å². The lowest BCUT2D eigenvalue weighted by Crippen LogP contribution is -2.39. The molecular weight excluding hydrogens is 1180 g/mol. The zero-order valence-corrected chi connectivity index (χ0v) is 49.9. The monoisotopic (exact) mass is 1250 g/mol. The van der Waals surface area contributed by atoms with Crippen LogP contribution in [0.4, 0.5) is 29.7 Å². The zero-order valence-electron chi connectivity index (χ0n) is 48.4. The molecule has 0 bridgehead atoms. The molecule has 3 amide bonds. The highest BCUT2D eigenvalue weighted by atomic mass is 35.5. The maximum atomic E-state index is 13.4. The maximum absolute atomic E-state index is 13.4. The van der Waals surface area contributed by atoms with Gasteiger partial charge in [-0.15, -0.1) is 0 Å². The Kier molecular flexibility index (Phi) is 20.3. The summed E-state index contributed by atoms with van der Waals surface area (Å²) in [6.07, 6.45) is 11.4. The number of nitrogens with zero attached hydrogens (tertiary/aromatic N) is 9. The van der Waals surface area contributed by atoms with Crippen LogP contribution in [0.2, 0.25) is 10.0 Å². The van der Waals surface area contributed by atoms with Crippen LogP contribution in [-0.2, 0) is 68.0 Å². The molecule has 2 aliphatic carbocycles. The number of anilines is 2. The average Bonchev–Trinajstić information content (AvgIpc) is 1.83. The Labute approximate surface area is 522 Å². The number of alkyl carbamates (subject to hydrolysis) is 1. The quantitative estimate of drug-likeness (QED) is 0.0601. The van der Waals surface area contributed by atoms with E-state index in [1.165, 1.54) is 53.5 Å². The molecule has 0 saturated heterocycles. The fourth-order valence-electron chi connectivity index (χ4n) is 11.1. The van der Waals surface area contributed by atoms with Gasteiger partial charge in [-0.3, -0.25) is 9.59 Å². The highest BCUT2D eigenvalue weighted by Crippen LogP contribution is 2.41. The molecule has 89 heavy (non-hydrogen) atoms. The molecular formula is C65H66Cl2F2N14O6. The minimum absolute atomic E-state index is 0. The van der Waals surface area contributed by atoms with Crippen LogP contribution in [0.3, 0.4) is 0 Å². The molecule has 0 spiro atoms. The Hall–Kier alpha value is -9.77. The number of aryl methyl sites for hydroxylation is 4. The molecule has 0 aliphatic heterocycles. The normalized spacial score (nSPS) is 13.8. The zero-order chi connectivity index (χ0) is 62.1. The second kappa shape index (κ2) is 28.4. The van der Waals surface area contributed by atoms with Crippen molar-refractivity contribution in [1.29, 1.82) is 0 Å². The van der Waals surface area contributed by atoms with E-state index in [-0.39, 0.29) is 54.6 Å². The summed E-state index contributed by atoms with van der Waals surface area (Å²) >= 11 is 11.5. The largest absolute Gasteiger partial charge is 0.443 e. The van der Waals surface area contributed by atoms with E-state index in [1.54, 1.807) is 27.2 Å². The van der Waals surface area contributed by atoms with E-state index in [4.69, 9.17) is 48.6 Å². The number of benzene rings is 5. The van der Waals surface area contributed by atoms with Crippen molar-refractivity contribution in [2.24, 2.45) is 19.8 Å². The summed E-state index contributed by atoms with van der Waals surface area (Å²) in [7, 11) is 3.58. The fourth-order valence-corrected chi connectivity index (χ4v) is 11.4.